The second kappa shape index (κ2) is 10.5. The summed E-state index contributed by atoms with van der Waals surface area (Å²) >= 11 is 6.48. The number of carbonyl (C=O) groups is 2. The number of nitrogens with one attached hydrogen (secondary N) is 1. The molecule has 0 bridgehead atoms. The molecule has 3 heterocycles. The predicted octanol–water partition coefficient (Wildman–Crippen LogP) is 1.59. The van der Waals surface area contributed by atoms with Crippen molar-refractivity contribution in [2.45, 2.75) is 29.8 Å². The molecule has 13 heteroatoms. The number of nitrogen functional groups attached to an aromatic ring is 1. The van der Waals surface area contributed by atoms with Crippen molar-refractivity contribution in [3.63, 3.8) is 0 Å². The van der Waals surface area contributed by atoms with E-state index >= 15 is 0 Å². The zero-order valence-corrected chi connectivity index (χ0v) is 22.1. The normalized spacial score (nSPS) is 16.7. The van der Waals surface area contributed by atoms with E-state index in [0.29, 0.717) is 27.6 Å². The fourth-order valence-electron chi connectivity index (χ4n) is 4.26. The van der Waals surface area contributed by atoms with E-state index in [2.05, 4.69) is 14.7 Å². The number of ether oxygens (including phenoxy) is 1. The van der Waals surface area contributed by atoms with E-state index in [-0.39, 0.29) is 24.3 Å². The number of nitrogens with two attached hydrogens (primary N) is 1. The minimum atomic E-state index is -4.02. The molecule has 1 saturated heterocycles. The SMILES string of the molecule is COC(=O)[C@@H](Cc1cc2ccnc(N)c2cc1Cl)N1CC[C@H](NS(=O)(=O)c2ccc(N(C)C)nc2)C1=O. The van der Waals surface area contributed by atoms with Crippen LogP contribution in [0.1, 0.15) is 12.0 Å². The van der Waals surface area contributed by atoms with Crippen LogP contribution >= 0.6 is 11.6 Å². The van der Waals surface area contributed by atoms with E-state index in [4.69, 9.17) is 22.1 Å². The third-order valence-corrected chi connectivity index (χ3v) is 8.06. The van der Waals surface area contributed by atoms with Gasteiger partial charge in [-0.3, -0.25) is 4.79 Å². The molecule has 4 rings (SSSR count). The van der Waals surface area contributed by atoms with Crippen LogP contribution < -0.4 is 15.4 Å². The van der Waals surface area contributed by atoms with Crippen LogP contribution in [0.5, 0.6) is 0 Å². The van der Waals surface area contributed by atoms with Crippen molar-refractivity contribution in [1.82, 2.24) is 19.6 Å². The van der Waals surface area contributed by atoms with Crippen LogP contribution in [0.3, 0.4) is 0 Å². The van der Waals surface area contributed by atoms with E-state index in [1.54, 1.807) is 49.5 Å². The number of anilines is 2. The molecule has 196 valence electrons. The molecule has 11 nitrogen and oxygen atoms in total. The van der Waals surface area contributed by atoms with Crippen molar-refractivity contribution < 1.29 is 22.7 Å². The largest absolute Gasteiger partial charge is 0.467 e. The van der Waals surface area contributed by atoms with Crippen LogP contribution in [0, 0.1) is 0 Å². The average Bonchev–Trinajstić information content (AvgIpc) is 3.21. The third-order valence-electron chi connectivity index (χ3n) is 6.25. The number of sulfonamides is 1. The minimum Gasteiger partial charge on any atom is -0.467 e. The summed E-state index contributed by atoms with van der Waals surface area (Å²) in [6.07, 6.45) is 3.06. The molecule has 1 amide bonds. The van der Waals surface area contributed by atoms with Crippen LogP contribution in [0.15, 0.2) is 47.6 Å². The summed E-state index contributed by atoms with van der Waals surface area (Å²) in [5, 5.41) is 1.81. The van der Waals surface area contributed by atoms with Crippen LogP contribution in [-0.2, 0) is 30.8 Å². The molecule has 2 aromatic heterocycles. The van der Waals surface area contributed by atoms with E-state index in [1.807, 2.05) is 0 Å². The lowest BCUT2D eigenvalue weighted by Crippen LogP contribution is -2.48. The van der Waals surface area contributed by atoms with Crippen molar-refractivity contribution in [3.8, 4) is 0 Å². The van der Waals surface area contributed by atoms with Crippen molar-refractivity contribution in [2.24, 2.45) is 0 Å². The minimum absolute atomic E-state index is 0.0643. The van der Waals surface area contributed by atoms with E-state index in [9.17, 15) is 18.0 Å². The van der Waals surface area contributed by atoms with E-state index in [0.717, 1.165) is 5.39 Å². The molecule has 0 radical (unpaired) electrons. The zero-order valence-electron chi connectivity index (χ0n) is 20.5. The van der Waals surface area contributed by atoms with Crippen molar-refractivity contribution >= 4 is 55.9 Å². The number of methoxy groups -OCH3 is 1. The number of likely N-dealkylation sites (tertiary alicyclic amines) is 1. The molecule has 1 aliphatic heterocycles. The molecule has 0 spiro atoms. The summed E-state index contributed by atoms with van der Waals surface area (Å²) in [5.41, 5.74) is 6.54. The van der Waals surface area contributed by atoms with Crippen LogP contribution in [0.4, 0.5) is 11.6 Å². The quantitative estimate of drug-likeness (QED) is 0.402. The van der Waals surface area contributed by atoms with Gasteiger partial charge in [-0.25, -0.2) is 23.2 Å². The number of fused-ring (bicyclic) bond motifs is 1. The molecular formula is C24H27ClN6O5S. The maximum atomic E-state index is 13.3. The first kappa shape index (κ1) is 26.6. The van der Waals surface area contributed by atoms with Gasteiger partial charge < -0.3 is 20.3 Å². The van der Waals surface area contributed by atoms with Gasteiger partial charge in [0.25, 0.3) is 0 Å². The van der Waals surface area contributed by atoms with Gasteiger partial charge >= 0.3 is 5.97 Å². The molecule has 0 saturated carbocycles. The number of nitrogens with zero attached hydrogens (tertiary/aromatic N) is 4. The molecule has 1 fully saturated rings. The predicted molar refractivity (Wildman–Crippen MR) is 140 cm³/mol. The lowest BCUT2D eigenvalue weighted by Gasteiger charge is -2.26. The van der Waals surface area contributed by atoms with Gasteiger partial charge in [0, 0.05) is 49.9 Å². The second-order valence-electron chi connectivity index (χ2n) is 8.84. The van der Waals surface area contributed by atoms with Crippen LogP contribution in [-0.4, -0.2) is 75.0 Å². The molecule has 1 aromatic carbocycles. The fourth-order valence-corrected chi connectivity index (χ4v) is 5.67. The summed E-state index contributed by atoms with van der Waals surface area (Å²) < 4.78 is 33.2. The number of carbonyl (C=O) groups excluding carboxylic acids is 2. The number of hydrogen-bond acceptors (Lipinski definition) is 9. The highest BCUT2D eigenvalue weighted by Crippen LogP contribution is 2.29. The Balaban J connectivity index is 1.55. The van der Waals surface area contributed by atoms with Gasteiger partial charge in [-0.1, -0.05) is 11.6 Å². The number of halogens is 1. The van der Waals surface area contributed by atoms with Gasteiger partial charge in [0.15, 0.2) is 0 Å². The van der Waals surface area contributed by atoms with Gasteiger partial charge in [-0.2, -0.15) is 4.72 Å². The third kappa shape index (κ3) is 5.45. The van der Waals surface area contributed by atoms with Gasteiger partial charge in [-0.05, 0) is 47.7 Å². The molecule has 3 aromatic rings. The Morgan fingerprint density at radius 3 is 2.70 bits per heavy atom. The smallest absolute Gasteiger partial charge is 0.328 e. The maximum absolute atomic E-state index is 13.3. The zero-order chi connectivity index (χ0) is 26.9. The first-order chi connectivity index (χ1) is 17.5. The molecule has 2 atom stereocenters. The van der Waals surface area contributed by atoms with Crippen LogP contribution in [0.25, 0.3) is 10.8 Å². The number of esters is 1. The summed E-state index contributed by atoms with van der Waals surface area (Å²) in [4.78, 5) is 37.2. The maximum Gasteiger partial charge on any atom is 0.328 e. The summed E-state index contributed by atoms with van der Waals surface area (Å²) in [6, 6.07) is 6.18. The number of aromatic nitrogens is 2. The van der Waals surface area contributed by atoms with Crippen molar-refractivity contribution in [1.29, 1.82) is 0 Å². The van der Waals surface area contributed by atoms with Crippen LogP contribution in [0.2, 0.25) is 5.02 Å². The Bertz CT molecular complexity index is 1450. The summed E-state index contributed by atoms with van der Waals surface area (Å²) in [6.45, 7) is 0.158. The number of benzene rings is 1. The first-order valence-corrected chi connectivity index (χ1v) is 13.2. The highest BCUT2D eigenvalue weighted by atomic mass is 35.5. The highest BCUT2D eigenvalue weighted by molar-refractivity contribution is 7.89. The Morgan fingerprint density at radius 1 is 1.30 bits per heavy atom. The van der Waals surface area contributed by atoms with E-state index < -0.39 is 34.0 Å². The Hall–Kier alpha value is -3.48. The summed E-state index contributed by atoms with van der Waals surface area (Å²) in [5.74, 6) is -0.242. The van der Waals surface area contributed by atoms with E-state index in [1.165, 1.54) is 24.3 Å². The highest BCUT2D eigenvalue weighted by Gasteiger charge is 2.41. The fraction of sp³-hybridized carbons (Fsp3) is 0.333. The topological polar surface area (TPSA) is 148 Å². The van der Waals surface area contributed by atoms with Gasteiger partial charge in [0.2, 0.25) is 15.9 Å². The molecule has 0 aliphatic carbocycles. The molecule has 1 aliphatic rings. The molecule has 37 heavy (non-hydrogen) atoms. The number of hydrogen-bond donors (Lipinski definition) is 2. The Kier molecular flexibility index (Phi) is 7.53. The average molecular weight is 547 g/mol. The van der Waals surface area contributed by atoms with Gasteiger partial charge in [0.1, 0.15) is 28.6 Å². The first-order valence-electron chi connectivity index (χ1n) is 11.4. The molecular weight excluding hydrogens is 520 g/mol. The Morgan fingerprint density at radius 2 is 2.05 bits per heavy atom. The standard InChI is InChI=1S/C24H27ClN6O5S/c1-30(2)21-5-4-16(13-28-21)37(34,35)29-19-7-9-31(23(19)32)20(24(33)36-3)11-15-10-14-6-8-27-22(26)17(14)12-18(15)25/h4-6,8,10,12-13,19-20,29H,7,9,11H2,1-3H3,(H2,26,27)/t19-,20+/m0/s1. The van der Waals surface area contributed by atoms with Crippen molar-refractivity contribution in [3.05, 3.63) is 53.3 Å². The van der Waals surface area contributed by atoms with Gasteiger partial charge in [0.05, 0.1) is 7.11 Å². The number of pyridine rings is 2. The van der Waals surface area contributed by atoms with Crippen molar-refractivity contribution in [2.75, 3.05) is 38.4 Å². The molecule has 3 N–H and O–H groups in total. The monoisotopic (exact) mass is 546 g/mol. The molecule has 0 unspecified atom stereocenters. The second-order valence-corrected chi connectivity index (χ2v) is 11.0. The lowest BCUT2D eigenvalue weighted by molar-refractivity contribution is -0.151. The Labute approximate surface area is 219 Å². The number of rotatable bonds is 8. The summed E-state index contributed by atoms with van der Waals surface area (Å²) in [7, 11) is 0.785. The van der Waals surface area contributed by atoms with Gasteiger partial charge in [-0.15, -0.1) is 0 Å². The number of amides is 1. The lowest BCUT2D eigenvalue weighted by atomic mass is 10.0.